The van der Waals surface area contributed by atoms with Crippen LogP contribution in [0, 0.1) is 10.1 Å². The fourth-order valence-corrected chi connectivity index (χ4v) is 4.42. The summed E-state index contributed by atoms with van der Waals surface area (Å²) >= 11 is 1.36. The van der Waals surface area contributed by atoms with E-state index in [2.05, 4.69) is 17.6 Å². The van der Waals surface area contributed by atoms with E-state index >= 15 is 0 Å². The molecule has 2 amide bonds. The second-order valence-electron chi connectivity index (χ2n) is 7.56. The maximum Gasteiger partial charge on any atom is 0.311 e. The Kier molecular flexibility index (Phi) is 9.42. The first-order valence-electron chi connectivity index (χ1n) is 10.4. The van der Waals surface area contributed by atoms with E-state index in [-0.39, 0.29) is 29.0 Å². The van der Waals surface area contributed by atoms with Gasteiger partial charge in [0.05, 0.1) is 17.8 Å². The zero-order chi connectivity index (χ0) is 22.0. The molecule has 30 heavy (non-hydrogen) atoms. The van der Waals surface area contributed by atoms with Gasteiger partial charge in [0, 0.05) is 18.4 Å². The molecule has 2 rings (SSSR count). The third kappa shape index (κ3) is 6.62. The number of nitro groups is 1. The van der Waals surface area contributed by atoms with Crippen molar-refractivity contribution in [2.24, 2.45) is 0 Å². The van der Waals surface area contributed by atoms with Crippen LogP contribution in [-0.4, -0.2) is 41.7 Å². The number of carbonyl (C=O) groups is 2. The Labute approximate surface area is 181 Å². The first-order chi connectivity index (χ1) is 14.4. The largest absolute Gasteiger partial charge is 0.490 e. The summed E-state index contributed by atoms with van der Waals surface area (Å²) in [6.07, 6.45) is 6.15. The minimum Gasteiger partial charge on any atom is -0.490 e. The number of rotatable bonds is 11. The van der Waals surface area contributed by atoms with E-state index in [0.717, 1.165) is 37.7 Å². The highest BCUT2D eigenvalue weighted by atomic mass is 32.2. The van der Waals surface area contributed by atoms with Gasteiger partial charge in [0.15, 0.2) is 5.75 Å². The van der Waals surface area contributed by atoms with Crippen molar-refractivity contribution in [3.05, 3.63) is 33.9 Å². The maximum atomic E-state index is 12.8. The zero-order valence-electron chi connectivity index (χ0n) is 17.7. The summed E-state index contributed by atoms with van der Waals surface area (Å²) in [5, 5.41) is 17.1. The number of thioether (sulfide) groups is 1. The lowest BCUT2D eigenvalue weighted by Gasteiger charge is -2.36. The van der Waals surface area contributed by atoms with Gasteiger partial charge in [-0.15, -0.1) is 11.8 Å². The van der Waals surface area contributed by atoms with Crippen LogP contribution in [0.5, 0.6) is 5.75 Å². The normalized spacial score (nSPS) is 15.3. The standard InChI is InChI=1S/C21H31N3O5S/c1-3-4-12-22-20(26)21(10-6-5-7-11-21)23-19(25)15-30-14-16-8-9-18(29-2)17(13-16)24(27)28/h8-9,13H,3-7,10-12,14-15H2,1-2H3,(H,22,26)(H,23,25). The molecule has 0 spiro atoms. The third-order valence-electron chi connectivity index (χ3n) is 5.28. The van der Waals surface area contributed by atoms with E-state index in [1.54, 1.807) is 12.1 Å². The van der Waals surface area contributed by atoms with Gasteiger partial charge in [-0.2, -0.15) is 0 Å². The molecule has 0 heterocycles. The number of carbonyl (C=O) groups excluding carboxylic acids is 2. The predicted octanol–water partition coefficient (Wildman–Crippen LogP) is 3.57. The number of nitrogens with zero attached hydrogens (tertiary/aromatic N) is 1. The Hall–Kier alpha value is -2.29. The molecule has 1 aromatic rings. The van der Waals surface area contributed by atoms with Crippen LogP contribution < -0.4 is 15.4 Å². The smallest absolute Gasteiger partial charge is 0.311 e. The minimum absolute atomic E-state index is 0.0835. The molecule has 0 aromatic heterocycles. The number of ether oxygens (including phenoxy) is 1. The fraction of sp³-hybridized carbons (Fsp3) is 0.619. The van der Waals surface area contributed by atoms with Crippen molar-refractivity contribution in [2.75, 3.05) is 19.4 Å². The third-order valence-corrected chi connectivity index (χ3v) is 6.28. The van der Waals surface area contributed by atoms with Crippen molar-refractivity contribution in [1.29, 1.82) is 0 Å². The summed E-state index contributed by atoms with van der Waals surface area (Å²) < 4.78 is 5.01. The monoisotopic (exact) mass is 437 g/mol. The van der Waals surface area contributed by atoms with Crippen LogP contribution in [0.1, 0.15) is 57.4 Å². The van der Waals surface area contributed by atoms with E-state index in [0.29, 0.717) is 25.1 Å². The number of hydrogen-bond donors (Lipinski definition) is 2. The average Bonchev–Trinajstić information content (AvgIpc) is 2.74. The van der Waals surface area contributed by atoms with Gasteiger partial charge in [-0.1, -0.05) is 38.7 Å². The first-order valence-corrected chi connectivity index (χ1v) is 11.6. The first kappa shape index (κ1) is 24.0. The molecule has 8 nitrogen and oxygen atoms in total. The Morgan fingerprint density at radius 1 is 1.27 bits per heavy atom. The van der Waals surface area contributed by atoms with E-state index in [1.165, 1.54) is 24.9 Å². The number of benzene rings is 1. The maximum absolute atomic E-state index is 12.8. The van der Waals surface area contributed by atoms with Gasteiger partial charge >= 0.3 is 5.69 Å². The molecule has 1 aliphatic carbocycles. The molecule has 0 radical (unpaired) electrons. The number of methoxy groups -OCH3 is 1. The predicted molar refractivity (Wildman–Crippen MR) is 118 cm³/mol. The molecule has 1 aromatic carbocycles. The molecule has 0 bridgehead atoms. The Morgan fingerprint density at radius 3 is 2.63 bits per heavy atom. The molecule has 2 N–H and O–H groups in total. The zero-order valence-corrected chi connectivity index (χ0v) is 18.5. The number of unbranched alkanes of at least 4 members (excludes halogenated alkanes) is 1. The number of nitrogens with one attached hydrogen (secondary N) is 2. The fourth-order valence-electron chi connectivity index (χ4n) is 3.64. The molecule has 0 unspecified atom stereocenters. The van der Waals surface area contributed by atoms with Crippen LogP contribution >= 0.6 is 11.8 Å². The van der Waals surface area contributed by atoms with Crippen molar-refractivity contribution in [1.82, 2.24) is 10.6 Å². The lowest BCUT2D eigenvalue weighted by Crippen LogP contribution is -2.60. The number of hydrogen-bond acceptors (Lipinski definition) is 6. The second-order valence-corrected chi connectivity index (χ2v) is 8.54. The molecule has 0 atom stereocenters. The summed E-state index contributed by atoms with van der Waals surface area (Å²) in [6.45, 7) is 2.69. The van der Waals surface area contributed by atoms with E-state index in [4.69, 9.17) is 4.74 Å². The molecule has 0 saturated heterocycles. The van der Waals surface area contributed by atoms with Crippen LogP contribution in [-0.2, 0) is 15.3 Å². The van der Waals surface area contributed by atoms with Gasteiger partial charge in [0.25, 0.3) is 0 Å². The van der Waals surface area contributed by atoms with Gasteiger partial charge in [-0.05, 0) is 30.9 Å². The molecular weight excluding hydrogens is 406 g/mol. The van der Waals surface area contributed by atoms with E-state index in [1.807, 2.05) is 0 Å². The van der Waals surface area contributed by atoms with Crippen molar-refractivity contribution in [3.8, 4) is 5.75 Å². The molecule has 166 valence electrons. The molecule has 1 aliphatic rings. The number of nitro benzene ring substituents is 1. The lowest BCUT2D eigenvalue weighted by atomic mass is 9.80. The molecule has 0 aliphatic heterocycles. The SMILES string of the molecule is CCCCNC(=O)C1(NC(=O)CSCc2ccc(OC)c([N+](=O)[O-])c2)CCCCC1. The van der Waals surface area contributed by atoms with Crippen LogP contribution in [0.2, 0.25) is 0 Å². The van der Waals surface area contributed by atoms with Crippen molar-refractivity contribution in [2.45, 2.75) is 63.2 Å². The molecule has 1 saturated carbocycles. The number of amides is 2. The summed E-state index contributed by atoms with van der Waals surface area (Å²) in [7, 11) is 1.39. The highest BCUT2D eigenvalue weighted by Gasteiger charge is 2.40. The molecular formula is C21H31N3O5S. The molecule has 1 fully saturated rings. The van der Waals surface area contributed by atoms with Crippen LogP contribution in [0.25, 0.3) is 0 Å². The summed E-state index contributed by atoms with van der Waals surface area (Å²) in [6, 6.07) is 4.78. The summed E-state index contributed by atoms with van der Waals surface area (Å²) in [5.74, 6) is 0.577. The Balaban J connectivity index is 1.92. The minimum atomic E-state index is -0.817. The topological polar surface area (TPSA) is 111 Å². The van der Waals surface area contributed by atoms with Crippen molar-refractivity contribution in [3.63, 3.8) is 0 Å². The van der Waals surface area contributed by atoms with Gasteiger partial charge in [0.1, 0.15) is 5.54 Å². The van der Waals surface area contributed by atoms with E-state index < -0.39 is 10.5 Å². The van der Waals surface area contributed by atoms with Crippen LogP contribution in [0.3, 0.4) is 0 Å². The lowest BCUT2D eigenvalue weighted by molar-refractivity contribution is -0.385. The second kappa shape index (κ2) is 11.8. The van der Waals surface area contributed by atoms with Crippen molar-refractivity contribution >= 4 is 29.3 Å². The van der Waals surface area contributed by atoms with Crippen LogP contribution in [0.4, 0.5) is 5.69 Å². The van der Waals surface area contributed by atoms with Gasteiger partial charge < -0.3 is 15.4 Å². The van der Waals surface area contributed by atoms with Gasteiger partial charge in [-0.3, -0.25) is 19.7 Å². The van der Waals surface area contributed by atoms with Gasteiger partial charge in [-0.25, -0.2) is 0 Å². The van der Waals surface area contributed by atoms with E-state index in [9.17, 15) is 19.7 Å². The summed E-state index contributed by atoms with van der Waals surface area (Å²) in [4.78, 5) is 36.0. The van der Waals surface area contributed by atoms with Gasteiger partial charge in [0.2, 0.25) is 11.8 Å². The average molecular weight is 438 g/mol. The molecule has 9 heteroatoms. The Morgan fingerprint density at radius 2 is 2.00 bits per heavy atom. The Bertz CT molecular complexity index is 750. The van der Waals surface area contributed by atoms with Crippen molar-refractivity contribution < 1.29 is 19.2 Å². The summed E-state index contributed by atoms with van der Waals surface area (Å²) in [5.41, 5.74) is -0.169. The van der Waals surface area contributed by atoms with Crippen LogP contribution in [0.15, 0.2) is 18.2 Å². The highest BCUT2D eigenvalue weighted by molar-refractivity contribution is 7.99. The quantitative estimate of drug-likeness (QED) is 0.311. The highest BCUT2D eigenvalue weighted by Crippen LogP contribution is 2.30.